The second kappa shape index (κ2) is 11.4. The fourth-order valence-electron chi connectivity index (χ4n) is 7.11. The highest BCUT2D eigenvalue weighted by atomic mass is 15.2. The van der Waals surface area contributed by atoms with E-state index in [9.17, 15) is 2.74 Å². The molecule has 5 nitrogen and oxygen atoms in total. The Kier molecular flexibility index (Phi) is 5.96. The van der Waals surface area contributed by atoms with Crippen molar-refractivity contribution in [2.24, 2.45) is 0 Å². The van der Waals surface area contributed by atoms with E-state index in [-0.39, 0.29) is 12.1 Å². The summed E-state index contributed by atoms with van der Waals surface area (Å²) in [4.78, 5) is 15.4. The summed E-state index contributed by atoms with van der Waals surface area (Å²) >= 11 is 0. The van der Waals surface area contributed by atoms with Gasteiger partial charge >= 0.3 is 0 Å². The fourth-order valence-corrected chi connectivity index (χ4v) is 7.11. The van der Waals surface area contributed by atoms with Gasteiger partial charge in [0.05, 0.1) is 24.8 Å². The Bertz CT molecular complexity index is 2950. The van der Waals surface area contributed by atoms with Gasteiger partial charge in [-0.15, -0.1) is 0 Å². The van der Waals surface area contributed by atoms with Crippen molar-refractivity contribution >= 4 is 43.6 Å². The molecule has 7 aromatic carbocycles. The largest absolute Gasteiger partial charge is 0.307 e. The van der Waals surface area contributed by atoms with Gasteiger partial charge in [0.1, 0.15) is 0 Å². The molecule has 0 radical (unpaired) electrons. The highest BCUT2D eigenvalue weighted by Crippen LogP contribution is 2.41. The number of aromatic nitrogens is 5. The van der Waals surface area contributed by atoms with Crippen molar-refractivity contribution in [3.05, 3.63) is 176 Å². The third-order valence-corrected chi connectivity index (χ3v) is 9.41. The Hall–Kier alpha value is -6.85. The zero-order chi connectivity index (χ0) is 34.8. The molecule has 0 saturated carbocycles. The van der Waals surface area contributed by atoms with E-state index in [1.165, 1.54) is 0 Å². The van der Waals surface area contributed by atoms with Gasteiger partial charge in [-0.3, -0.25) is 4.57 Å². The van der Waals surface area contributed by atoms with E-state index in [0.29, 0.717) is 23.0 Å². The van der Waals surface area contributed by atoms with Crippen LogP contribution in [0.2, 0.25) is 0 Å². The van der Waals surface area contributed by atoms with E-state index < -0.39 is 0 Å². The van der Waals surface area contributed by atoms with Crippen molar-refractivity contribution < 1.29 is 2.74 Å². The van der Waals surface area contributed by atoms with Crippen molar-refractivity contribution in [1.29, 1.82) is 0 Å². The van der Waals surface area contributed by atoms with E-state index in [0.717, 1.165) is 66.2 Å². The van der Waals surface area contributed by atoms with Crippen molar-refractivity contribution in [2.75, 3.05) is 0 Å². The van der Waals surface area contributed by atoms with Crippen LogP contribution in [0.5, 0.6) is 0 Å². The molecule has 0 fully saturated rings. The SMILES string of the molecule is [2H]c1c([2H])c2c3ccccc3n(-c3nc(-c4ccccc4)nc(-c4ccc(-c5ccccc5)cc4)n3)c2c2c1c1ccccc1n2-c1ccccc1. The number of hydrogen-bond acceptors (Lipinski definition) is 3. The van der Waals surface area contributed by atoms with Gasteiger partial charge in [0.15, 0.2) is 11.6 Å². The number of rotatable bonds is 5. The van der Waals surface area contributed by atoms with Crippen molar-refractivity contribution in [3.8, 4) is 45.5 Å². The quantitative estimate of drug-likeness (QED) is 0.188. The van der Waals surface area contributed by atoms with Crippen molar-refractivity contribution in [2.45, 2.75) is 0 Å². The third kappa shape index (κ3) is 4.45. The summed E-state index contributed by atoms with van der Waals surface area (Å²) in [5.74, 6) is 1.52. The van der Waals surface area contributed by atoms with Crippen LogP contribution in [0.25, 0.3) is 89.2 Å². The van der Waals surface area contributed by atoms with Crippen LogP contribution in [-0.2, 0) is 0 Å². The molecule has 3 aromatic heterocycles. The average molecular weight is 642 g/mol. The molecule has 50 heavy (non-hydrogen) atoms. The Labute approximate surface area is 291 Å². The zero-order valence-corrected chi connectivity index (χ0v) is 26.8. The molecule has 0 amide bonds. The molecule has 0 aliphatic heterocycles. The first-order valence-corrected chi connectivity index (χ1v) is 16.6. The first-order chi connectivity index (χ1) is 25.7. The third-order valence-electron chi connectivity index (χ3n) is 9.41. The number of fused-ring (bicyclic) bond motifs is 7. The Morgan fingerprint density at radius 3 is 1.38 bits per heavy atom. The van der Waals surface area contributed by atoms with Crippen molar-refractivity contribution in [3.63, 3.8) is 0 Å². The molecule has 0 saturated heterocycles. The summed E-state index contributed by atoms with van der Waals surface area (Å²) in [5.41, 5.74) is 8.34. The van der Waals surface area contributed by atoms with Gasteiger partial charge in [-0.25, -0.2) is 4.98 Å². The Balaban J connectivity index is 1.34. The summed E-state index contributed by atoms with van der Waals surface area (Å²) in [6.45, 7) is 0. The number of para-hydroxylation sites is 3. The van der Waals surface area contributed by atoms with Gasteiger partial charge in [-0.2, -0.15) is 9.97 Å². The molecule has 0 spiro atoms. The summed E-state index contributed by atoms with van der Waals surface area (Å²) in [5, 5.41) is 3.18. The number of benzene rings is 7. The van der Waals surface area contributed by atoms with Gasteiger partial charge in [-0.1, -0.05) is 152 Å². The highest BCUT2D eigenvalue weighted by Gasteiger charge is 2.23. The predicted octanol–water partition coefficient (Wildman–Crippen LogP) is 11.1. The molecule has 0 N–H and O–H groups in total. The molecule has 5 heteroatoms. The zero-order valence-electron chi connectivity index (χ0n) is 28.8. The van der Waals surface area contributed by atoms with Crippen LogP contribution in [0.3, 0.4) is 0 Å². The van der Waals surface area contributed by atoms with Crippen molar-refractivity contribution in [1.82, 2.24) is 24.1 Å². The van der Waals surface area contributed by atoms with Crippen LogP contribution in [0, 0.1) is 0 Å². The Morgan fingerprint density at radius 2 is 0.780 bits per heavy atom. The summed E-state index contributed by atoms with van der Waals surface area (Å²) in [7, 11) is 0. The minimum atomic E-state index is 0.169. The normalized spacial score (nSPS) is 12.2. The number of hydrogen-bond donors (Lipinski definition) is 0. The van der Waals surface area contributed by atoms with Gasteiger partial charge in [0.25, 0.3) is 0 Å². The minimum Gasteiger partial charge on any atom is -0.307 e. The molecule has 10 rings (SSSR count). The lowest BCUT2D eigenvalue weighted by Crippen LogP contribution is -2.07. The van der Waals surface area contributed by atoms with Crippen LogP contribution in [0.1, 0.15) is 2.74 Å². The van der Waals surface area contributed by atoms with E-state index in [4.69, 9.17) is 15.0 Å². The minimum absolute atomic E-state index is 0.169. The smallest absolute Gasteiger partial charge is 0.238 e. The molecule has 10 aromatic rings. The molecular weight excluding hydrogens is 611 g/mol. The first kappa shape index (κ1) is 26.1. The monoisotopic (exact) mass is 641 g/mol. The van der Waals surface area contributed by atoms with Crippen LogP contribution in [0.15, 0.2) is 176 Å². The number of nitrogens with zero attached hydrogens (tertiary/aromatic N) is 5. The summed E-state index contributed by atoms with van der Waals surface area (Å²) in [6.07, 6.45) is 0. The first-order valence-electron chi connectivity index (χ1n) is 17.6. The van der Waals surface area contributed by atoms with Crippen LogP contribution < -0.4 is 0 Å². The molecule has 0 atom stereocenters. The van der Waals surface area contributed by atoms with Gasteiger partial charge in [0.2, 0.25) is 5.95 Å². The van der Waals surface area contributed by atoms with E-state index in [1.54, 1.807) is 0 Å². The summed E-state index contributed by atoms with van der Waals surface area (Å²) in [6, 6.07) is 55.3. The maximum atomic E-state index is 9.50. The molecule has 234 valence electrons. The lowest BCUT2D eigenvalue weighted by molar-refractivity contribution is 0.953. The van der Waals surface area contributed by atoms with Gasteiger partial charge < -0.3 is 4.57 Å². The second-order valence-electron chi connectivity index (χ2n) is 12.3. The maximum Gasteiger partial charge on any atom is 0.238 e. The standard InChI is InChI=1S/C45H29N5/c1-4-14-30(15-5-1)31-24-26-33(27-25-31)44-46-43(32-16-6-2-7-17-32)47-45(48-44)50-40-23-13-11-21-36(40)38-29-28-37-35-20-10-12-22-39(35)49(41(37)42(38)50)34-18-8-3-9-19-34/h1-29H/i28D,29D. The summed E-state index contributed by atoms with van der Waals surface area (Å²) < 4.78 is 23.2. The lowest BCUT2D eigenvalue weighted by atomic mass is 10.0. The van der Waals surface area contributed by atoms with Gasteiger partial charge in [-0.05, 0) is 35.4 Å². The van der Waals surface area contributed by atoms with Gasteiger partial charge in [0, 0.05) is 38.4 Å². The van der Waals surface area contributed by atoms with E-state index in [1.807, 2.05) is 109 Å². The maximum absolute atomic E-state index is 9.50. The average Bonchev–Trinajstić information content (AvgIpc) is 3.75. The van der Waals surface area contributed by atoms with E-state index >= 15 is 0 Å². The lowest BCUT2D eigenvalue weighted by Gasteiger charge is -2.13. The van der Waals surface area contributed by atoms with Crippen LogP contribution >= 0.6 is 0 Å². The van der Waals surface area contributed by atoms with E-state index in [2.05, 4.69) is 63.7 Å². The van der Waals surface area contributed by atoms with Crippen LogP contribution in [0.4, 0.5) is 0 Å². The molecule has 0 bridgehead atoms. The molecule has 3 heterocycles. The highest BCUT2D eigenvalue weighted by molar-refractivity contribution is 6.23. The molecule has 0 aliphatic rings. The second-order valence-corrected chi connectivity index (χ2v) is 12.3. The molecule has 0 unspecified atom stereocenters. The van der Waals surface area contributed by atoms with Crippen LogP contribution in [-0.4, -0.2) is 24.1 Å². The fraction of sp³-hybridized carbons (Fsp3) is 0. The molecule has 0 aliphatic carbocycles. The predicted molar refractivity (Wildman–Crippen MR) is 205 cm³/mol. The molecular formula is C45H29N5. The Morgan fingerprint density at radius 1 is 0.360 bits per heavy atom. The topological polar surface area (TPSA) is 48.5 Å².